The fourth-order valence-electron chi connectivity index (χ4n) is 7.21. The molecule has 0 atom stereocenters. The van der Waals surface area contributed by atoms with Crippen LogP contribution in [0.2, 0.25) is 0 Å². The minimum atomic E-state index is 0.552. The Balaban J connectivity index is 1.26. The number of hydrogen-bond donors (Lipinski definition) is 0. The van der Waals surface area contributed by atoms with Gasteiger partial charge in [-0.15, -0.1) is 0 Å². The van der Waals surface area contributed by atoms with E-state index >= 15 is 0 Å². The lowest BCUT2D eigenvalue weighted by atomic mass is 10.0. The molecular formula is C46H30N6. The van der Waals surface area contributed by atoms with Crippen LogP contribution in [0.15, 0.2) is 182 Å². The van der Waals surface area contributed by atoms with Crippen LogP contribution in [0.1, 0.15) is 0 Å². The van der Waals surface area contributed by atoms with Crippen LogP contribution >= 0.6 is 0 Å². The molecule has 244 valence electrons. The molecule has 0 bridgehead atoms. The number of nitrogens with zero attached hydrogens (tertiary/aromatic N) is 6. The summed E-state index contributed by atoms with van der Waals surface area (Å²) < 4.78 is 4.43. The lowest BCUT2D eigenvalue weighted by molar-refractivity contribution is 0.953. The molecule has 0 radical (unpaired) electrons. The maximum absolute atomic E-state index is 5.51. The van der Waals surface area contributed by atoms with Gasteiger partial charge in [0.25, 0.3) is 0 Å². The number of aromatic nitrogens is 6. The van der Waals surface area contributed by atoms with Crippen molar-refractivity contribution in [2.24, 2.45) is 0 Å². The predicted molar refractivity (Wildman–Crippen MR) is 211 cm³/mol. The van der Waals surface area contributed by atoms with Gasteiger partial charge in [0.2, 0.25) is 5.95 Å². The summed E-state index contributed by atoms with van der Waals surface area (Å²) >= 11 is 0. The number of para-hydroxylation sites is 2. The van der Waals surface area contributed by atoms with E-state index in [1.165, 1.54) is 5.56 Å². The summed E-state index contributed by atoms with van der Waals surface area (Å²) in [7, 11) is 0. The van der Waals surface area contributed by atoms with Gasteiger partial charge in [-0.05, 0) is 47.5 Å². The summed E-state index contributed by atoms with van der Waals surface area (Å²) in [6.45, 7) is 0. The third kappa shape index (κ3) is 4.96. The van der Waals surface area contributed by atoms with Crippen molar-refractivity contribution in [3.63, 3.8) is 0 Å². The molecule has 0 aliphatic rings. The summed E-state index contributed by atoms with van der Waals surface area (Å²) in [5.41, 5.74) is 10.2. The Morgan fingerprint density at radius 1 is 0.346 bits per heavy atom. The summed E-state index contributed by atoms with van der Waals surface area (Å²) in [6, 6.07) is 62.6. The Hall–Kier alpha value is -7.18. The minimum Gasteiger partial charge on any atom is -0.292 e. The lowest BCUT2D eigenvalue weighted by Crippen LogP contribution is -2.06. The molecule has 0 aliphatic heterocycles. The largest absolute Gasteiger partial charge is 0.292 e. The number of fused-ring (bicyclic) bond motifs is 5. The van der Waals surface area contributed by atoms with Crippen molar-refractivity contribution < 1.29 is 0 Å². The van der Waals surface area contributed by atoms with Gasteiger partial charge in [0, 0.05) is 33.2 Å². The van der Waals surface area contributed by atoms with Crippen LogP contribution in [0.3, 0.4) is 0 Å². The molecule has 0 aliphatic carbocycles. The standard InChI is InChI=1S/C46H30N6/c1-5-16-31(17-6-1)34-22-15-23-35(30-34)45-47-42-40(51(45)36-24-11-4-12-25-36)29-28-39-41(42)37-26-13-14-27-38(37)52(39)46-49-43(32-18-7-2-8-19-32)48-44(50-46)33-20-9-3-10-21-33/h1-30H. The van der Waals surface area contributed by atoms with Crippen molar-refractivity contribution >= 4 is 32.8 Å². The highest BCUT2D eigenvalue weighted by molar-refractivity contribution is 6.20. The van der Waals surface area contributed by atoms with Gasteiger partial charge in [-0.3, -0.25) is 9.13 Å². The maximum Gasteiger partial charge on any atom is 0.238 e. The number of benzene rings is 7. The van der Waals surface area contributed by atoms with E-state index in [0.717, 1.165) is 66.6 Å². The minimum absolute atomic E-state index is 0.552. The van der Waals surface area contributed by atoms with Gasteiger partial charge in [-0.1, -0.05) is 146 Å². The molecule has 3 heterocycles. The van der Waals surface area contributed by atoms with Crippen molar-refractivity contribution in [2.75, 3.05) is 0 Å². The normalized spacial score (nSPS) is 11.5. The first-order valence-electron chi connectivity index (χ1n) is 17.3. The molecule has 0 spiro atoms. The van der Waals surface area contributed by atoms with Crippen molar-refractivity contribution in [1.82, 2.24) is 29.1 Å². The van der Waals surface area contributed by atoms with Crippen LogP contribution in [0.4, 0.5) is 0 Å². The van der Waals surface area contributed by atoms with E-state index in [-0.39, 0.29) is 0 Å². The summed E-state index contributed by atoms with van der Waals surface area (Å²) in [5.74, 6) is 2.66. The summed E-state index contributed by atoms with van der Waals surface area (Å²) in [6.07, 6.45) is 0. The van der Waals surface area contributed by atoms with Crippen LogP contribution in [0.25, 0.3) is 89.8 Å². The van der Waals surface area contributed by atoms with Crippen molar-refractivity contribution in [3.8, 4) is 56.9 Å². The molecule has 10 aromatic rings. The van der Waals surface area contributed by atoms with E-state index in [1.807, 2.05) is 72.8 Å². The molecule has 10 rings (SSSR count). The van der Waals surface area contributed by atoms with E-state index < -0.39 is 0 Å². The smallest absolute Gasteiger partial charge is 0.238 e. The van der Waals surface area contributed by atoms with E-state index in [2.05, 4.69) is 118 Å². The van der Waals surface area contributed by atoms with Gasteiger partial charge in [-0.25, -0.2) is 9.97 Å². The molecule has 6 nitrogen and oxygen atoms in total. The molecule has 3 aromatic heterocycles. The Morgan fingerprint density at radius 3 is 1.56 bits per heavy atom. The number of imidazole rings is 1. The fourth-order valence-corrected chi connectivity index (χ4v) is 7.21. The molecule has 0 N–H and O–H groups in total. The van der Waals surface area contributed by atoms with Gasteiger partial charge < -0.3 is 0 Å². The second-order valence-electron chi connectivity index (χ2n) is 12.7. The van der Waals surface area contributed by atoms with Gasteiger partial charge in [-0.2, -0.15) is 9.97 Å². The van der Waals surface area contributed by atoms with Crippen molar-refractivity contribution in [1.29, 1.82) is 0 Å². The Labute approximate surface area is 300 Å². The van der Waals surface area contributed by atoms with Crippen LogP contribution in [-0.4, -0.2) is 29.1 Å². The molecule has 0 saturated carbocycles. The quantitative estimate of drug-likeness (QED) is 0.177. The molecule has 0 saturated heterocycles. The lowest BCUT2D eigenvalue weighted by Gasteiger charge is -2.11. The van der Waals surface area contributed by atoms with Crippen LogP contribution in [0.5, 0.6) is 0 Å². The Bertz CT molecular complexity index is 2820. The first-order chi connectivity index (χ1) is 25.8. The van der Waals surface area contributed by atoms with Gasteiger partial charge >= 0.3 is 0 Å². The second-order valence-corrected chi connectivity index (χ2v) is 12.7. The van der Waals surface area contributed by atoms with Crippen LogP contribution in [0, 0.1) is 0 Å². The number of rotatable bonds is 6. The van der Waals surface area contributed by atoms with Gasteiger partial charge in [0.05, 0.1) is 22.1 Å². The van der Waals surface area contributed by atoms with E-state index in [1.54, 1.807) is 0 Å². The molecule has 7 aromatic carbocycles. The Morgan fingerprint density at radius 2 is 0.885 bits per heavy atom. The van der Waals surface area contributed by atoms with Gasteiger partial charge in [0.15, 0.2) is 11.6 Å². The predicted octanol–water partition coefficient (Wildman–Crippen LogP) is 11.0. The highest BCUT2D eigenvalue weighted by atomic mass is 15.2. The zero-order valence-corrected chi connectivity index (χ0v) is 28.0. The molecule has 6 heteroatoms. The topological polar surface area (TPSA) is 61.4 Å². The molecule has 0 amide bonds. The summed E-state index contributed by atoms with van der Waals surface area (Å²) in [4.78, 5) is 20.7. The first-order valence-corrected chi connectivity index (χ1v) is 17.3. The average Bonchev–Trinajstić information content (AvgIpc) is 3.79. The Kier molecular flexibility index (Phi) is 7.03. The van der Waals surface area contributed by atoms with Crippen molar-refractivity contribution in [2.45, 2.75) is 0 Å². The highest BCUT2D eigenvalue weighted by Gasteiger charge is 2.23. The average molecular weight is 667 g/mol. The monoisotopic (exact) mass is 666 g/mol. The first kappa shape index (κ1) is 29.7. The molecule has 52 heavy (non-hydrogen) atoms. The maximum atomic E-state index is 5.51. The molecular weight excluding hydrogens is 637 g/mol. The summed E-state index contributed by atoms with van der Waals surface area (Å²) in [5, 5.41) is 2.12. The molecule has 0 fully saturated rings. The van der Waals surface area contributed by atoms with E-state index in [4.69, 9.17) is 19.9 Å². The van der Waals surface area contributed by atoms with E-state index in [9.17, 15) is 0 Å². The number of hydrogen-bond acceptors (Lipinski definition) is 4. The van der Waals surface area contributed by atoms with E-state index in [0.29, 0.717) is 17.6 Å². The zero-order valence-electron chi connectivity index (χ0n) is 28.0. The van der Waals surface area contributed by atoms with Crippen LogP contribution in [-0.2, 0) is 0 Å². The molecule has 0 unspecified atom stereocenters. The van der Waals surface area contributed by atoms with Gasteiger partial charge in [0.1, 0.15) is 5.82 Å². The van der Waals surface area contributed by atoms with Crippen molar-refractivity contribution in [3.05, 3.63) is 182 Å². The highest BCUT2D eigenvalue weighted by Crippen LogP contribution is 2.39. The second kappa shape index (κ2) is 12.3. The van der Waals surface area contributed by atoms with Crippen LogP contribution < -0.4 is 0 Å². The third-order valence-corrected chi connectivity index (χ3v) is 9.59. The fraction of sp³-hybridized carbons (Fsp3) is 0. The third-order valence-electron chi connectivity index (χ3n) is 9.59. The zero-order chi connectivity index (χ0) is 34.4. The SMILES string of the molecule is c1ccc(-c2cccc(-c3nc4c5c6ccccc6n(-c6nc(-c7ccccc7)nc(-c7ccccc7)n6)c5ccc4n3-c3ccccc3)c2)cc1.